The van der Waals surface area contributed by atoms with Gasteiger partial charge in [-0.15, -0.1) is 0 Å². The lowest BCUT2D eigenvalue weighted by Crippen LogP contribution is -2.09. The first kappa shape index (κ1) is 13.5. The fourth-order valence-electron chi connectivity index (χ4n) is 1.31. The highest BCUT2D eigenvalue weighted by atomic mass is 35.5. The quantitative estimate of drug-likeness (QED) is 0.882. The zero-order valence-corrected chi connectivity index (χ0v) is 11.2. The number of carbonyl (C=O) groups is 1. The Bertz CT molecular complexity index is 612. The molecule has 4 nitrogen and oxygen atoms in total. The molecular weight excluding hydrogens is 285 g/mol. The summed E-state index contributed by atoms with van der Waals surface area (Å²) in [6, 6.07) is 7.11. The normalized spacial score (nSPS) is 10.6. The number of benzene rings is 1. The molecular formula is C13H9Cl2N3O. The Labute approximate surface area is 120 Å². The standard InChI is InChI=1S/C13H9Cl2N3O/c14-10-4-1-9(2-5-10)3-6-11(19)18-13-12(15)16-7-8-17-13/h1-8H,(H,17,18,19)/b6-3+. The number of carbonyl (C=O) groups excluding carboxylic acids is 1. The number of hydrogen-bond donors (Lipinski definition) is 1. The second kappa shape index (κ2) is 6.31. The lowest BCUT2D eigenvalue weighted by molar-refractivity contribution is -0.111. The average molecular weight is 294 g/mol. The smallest absolute Gasteiger partial charge is 0.249 e. The largest absolute Gasteiger partial charge is 0.304 e. The van der Waals surface area contributed by atoms with E-state index in [4.69, 9.17) is 23.2 Å². The molecule has 0 fully saturated rings. The van der Waals surface area contributed by atoms with Crippen molar-refractivity contribution in [2.45, 2.75) is 0 Å². The summed E-state index contributed by atoms with van der Waals surface area (Å²) in [4.78, 5) is 19.4. The van der Waals surface area contributed by atoms with Crippen LogP contribution in [0.1, 0.15) is 5.56 Å². The summed E-state index contributed by atoms with van der Waals surface area (Å²) in [5, 5.41) is 3.33. The molecule has 1 N–H and O–H groups in total. The van der Waals surface area contributed by atoms with Crippen molar-refractivity contribution in [3.8, 4) is 0 Å². The van der Waals surface area contributed by atoms with Crippen molar-refractivity contribution in [1.29, 1.82) is 0 Å². The van der Waals surface area contributed by atoms with Gasteiger partial charge in [-0.3, -0.25) is 4.79 Å². The van der Waals surface area contributed by atoms with E-state index in [1.54, 1.807) is 30.3 Å². The van der Waals surface area contributed by atoms with Crippen LogP contribution in [0.25, 0.3) is 6.08 Å². The number of halogens is 2. The molecule has 2 aromatic rings. The van der Waals surface area contributed by atoms with Crippen LogP contribution in [0.15, 0.2) is 42.7 Å². The second-order valence-corrected chi connectivity index (χ2v) is 4.36. The predicted molar refractivity (Wildman–Crippen MR) is 76.2 cm³/mol. The topological polar surface area (TPSA) is 54.9 Å². The minimum atomic E-state index is -0.336. The van der Waals surface area contributed by atoms with Crippen molar-refractivity contribution in [2.24, 2.45) is 0 Å². The number of nitrogens with one attached hydrogen (secondary N) is 1. The summed E-state index contributed by atoms with van der Waals surface area (Å²) in [7, 11) is 0. The van der Waals surface area contributed by atoms with E-state index in [9.17, 15) is 4.79 Å². The third-order valence-electron chi connectivity index (χ3n) is 2.19. The van der Waals surface area contributed by atoms with Crippen LogP contribution in [0.3, 0.4) is 0 Å². The monoisotopic (exact) mass is 293 g/mol. The lowest BCUT2D eigenvalue weighted by atomic mass is 10.2. The van der Waals surface area contributed by atoms with Crippen molar-refractivity contribution in [3.05, 3.63) is 58.5 Å². The summed E-state index contributed by atoms with van der Waals surface area (Å²) < 4.78 is 0. The summed E-state index contributed by atoms with van der Waals surface area (Å²) >= 11 is 11.5. The van der Waals surface area contributed by atoms with Crippen molar-refractivity contribution in [1.82, 2.24) is 9.97 Å². The van der Waals surface area contributed by atoms with Gasteiger partial charge in [0.05, 0.1) is 0 Å². The van der Waals surface area contributed by atoms with Gasteiger partial charge >= 0.3 is 0 Å². The van der Waals surface area contributed by atoms with Crippen molar-refractivity contribution < 1.29 is 4.79 Å². The third-order valence-corrected chi connectivity index (χ3v) is 2.72. The van der Waals surface area contributed by atoms with Crippen LogP contribution in [0.4, 0.5) is 5.82 Å². The second-order valence-electron chi connectivity index (χ2n) is 3.57. The molecule has 1 aromatic carbocycles. The predicted octanol–water partition coefficient (Wildman–Crippen LogP) is 3.44. The van der Waals surface area contributed by atoms with Gasteiger partial charge in [-0.1, -0.05) is 35.3 Å². The highest BCUT2D eigenvalue weighted by molar-refractivity contribution is 6.32. The molecule has 0 spiro atoms. The van der Waals surface area contributed by atoms with Crippen LogP contribution in [-0.2, 0) is 4.79 Å². The summed E-state index contributed by atoms with van der Waals surface area (Å²) in [6.07, 6.45) is 5.94. The molecule has 2 rings (SSSR count). The van der Waals surface area contributed by atoms with Gasteiger partial charge in [0.1, 0.15) is 0 Å². The van der Waals surface area contributed by atoms with E-state index >= 15 is 0 Å². The molecule has 1 amide bonds. The van der Waals surface area contributed by atoms with Gasteiger partial charge in [0, 0.05) is 23.5 Å². The van der Waals surface area contributed by atoms with Gasteiger partial charge in [0.2, 0.25) is 5.91 Å². The summed E-state index contributed by atoms with van der Waals surface area (Å²) in [5.74, 6) is -0.104. The Morgan fingerprint density at radius 2 is 1.79 bits per heavy atom. The maximum absolute atomic E-state index is 11.7. The van der Waals surface area contributed by atoms with Crippen molar-refractivity contribution in [2.75, 3.05) is 5.32 Å². The van der Waals surface area contributed by atoms with E-state index in [0.29, 0.717) is 5.02 Å². The lowest BCUT2D eigenvalue weighted by Gasteiger charge is -2.01. The molecule has 96 valence electrons. The molecule has 1 heterocycles. The maximum atomic E-state index is 11.7. The van der Waals surface area contributed by atoms with Gasteiger partial charge in [0.15, 0.2) is 11.0 Å². The Balaban J connectivity index is 2.02. The molecule has 0 radical (unpaired) electrons. The van der Waals surface area contributed by atoms with Crippen LogP contribution in [0.2, 0.25) is 10.2 Å². The van der Waals surface area contributed by atoms with Crippen LogP contribution < -0.4 is 5.32 Å². The third kappa shape index (κ3) is 4.05. The van der Waals surface area contributed by atoms with E-state index in [-0.39, 0.29) is 16.9 Å². The molecule has 0 aliphatic rings. The Hall–Kier alpha value is -1.91. The van der Waals surface area contributed by atoms with Gasteiger partial charge in [-0.25, -0.2) is 9.97 Å². The zero-order valence-electron chi connectivity index (χ0n) is 9.68. The molecule has 0 bridgehead atoms. The SMILES string of the molecule is O=C(/C=C/c1ccc(Cl)cc1)Nc1nccnc1Cl. The molecule has 0 aliphatic carbocycles. The van der Waals surface area contributed by atoms with Gasteiger partial charge < -0.3 is 5.32 Å². The van der Waals surface area contributed by atoms with Gasteiger partial charge in [0.25, 0.3) is 0 Å². The van der Waals surface area contributed by atoms with Crippen LogP contribution in [0.5, 0.6) is 0 Å². The molecule has 1 aromatic heterocycles. The van der Waals surface area contributed by atoms with E-state index < -0.39 is 0 Å². The van der Waals surface area contributed by atoms with Crippen molar-refractivity contribution >= 4 is 41.0 Å². The van der Waals surface area contributed by atoms with E-state index in [2.05, 4.69) is 15.3 Å². The Kier molecular flexibility index (Phi) is 4.49. The van der Waals surface area contributed by atoms with Gasteiger partial charge in [-0.2, -0.15) is 0 Å². The summed E-state index contributed by atoms with van der Waals surface area (Å²) in [5.41, 5.74) is 0.866. The minimum Gasteiger partial charge on any atom is -0.304 e. The number of anilines is 1. The molecule has 0 aliphatic heterocycles. The minimum absolute atomic E-state index is 0.149. The molecule has 0 unspecified atom stereocenters. The highest BCUT2D eigenvalue weighted by Gasteiger charge is 2.04. The highest BCUT2D eigenvalue weighted by Crippen LogP contribution is 2.14. The Morgan fingerprint density at radius 3 is 2.47 bits per heavy atom. The number of nitrogens with zero attached hydrogens (tertiary/aromatic N) is 2. The van der Waals surface area contributed by atoms with Gasteiger partial charge in [-0.05, 0) is 23.8 Å². The first-order chi connectivity index (χ1) is 9.15. The molecule has 6 heteroatoms. The fraction of sp³-hybridized carbons (Fsp3) is 0. The van der Waals surface area contributed by atoms with Crippen LogP contribution in [0, 0.1) is 0 Å². The fourth-order valence-corrected chi connectivity index (χ4v) is 1.59. The first-order valence-electron chi connectivity index (χ1n) is 5.36. The molecule has 0 saturated heterocycles. The first-order valence-corrected chi connectivity index (χ1v) is 6.12. The summed E-state index contributed by atoms with van der Waals surface area (Å²) in [6.45, 7) is 0. The number of amides is 1. The zero-order chi connectivity index (χ0) is 13.7. The Morgan fingerprint density at radius 1 is 1.11 bits per heavy atom. The van der Waals surface area contributed by atoms with E-state index in [1.165, 1.54) is 18.5 Å². The van der Waals surface area contributed by atoms with Crippen molar-refractivity contribution in [3.63, 3.8) is 0 Å². The van der Waals surface area contributed by atoms with Crippen LogP contribution >= 0.6 is 23.2 Å². The maximum Gasteiger partial charge on any atom is 0.249 e. The number of hydrogen-bond acceptors (Lipinski definition) is 3. The average Bonchev–Trinajstić information content (AvgIpc) is 2.41. The number of rotatable bonds is 3. The van der Waals surface area contributed by atoms with E-state index in [0.717, 1.165) is 5.56 Å². The number of aromatic nitrogens is 2. The molecule has 0 saturated carbocycles. The molecule has 0 atom stereocenters. The van der Waals surface area contributed by atoms with Crippen LogP contribution in [-0.4, -0.2) is 15.9 Å². The van der Waals surface area contributed by atoms with E-state index in [1.807, 2.05) is 0 Å². The molecule has 19 heavy (non-hydrogen) atoms.